The van der Waals surface area contributed by atoms with Crippen LogP contribution >= 0.6 is 0 Å². The molecule has 0 fully saturated rings. The molecule has 2 rings (SSSR count). The molecule has 0 aliphatic heterocycles. The monoisotopic (exact) mass is 317 g/mol. The first-order valence-electron chi connectivity index (χ1n) is 6.31. The van der Waals surface area contributed by atoms with Crippen LogP contribution in [0.15, 0.2) is 11.1 Å². The molecule has 0 amide bonds. The number of imidazole rings is 1. The van der Waals surface area contributed by atoms with Crippen molar-refractivity contribution in [1.29, 1.82) is 0 Å². The molecule has 0 spiro atoms. The number of nitrogen functional groups attached to an aromatic ring is 1. The predicted molar refractivity (Wildman–Crippen MR) is 72.4 cm³/mol. The molecule has 10 nitrogen and oxygen atoms in total. The summed E-state index contributed by atoms with van der Waals surface area (Å²) < 4.78 is 20.3. The second kappa shape index (κ2) is 5.96. The molecule has 0 bridgehead atoms. The maximum absolute atomic E-state index is 14.3. The molecule has 2 aromatic rings. The Morgan fingerprint density at radius 1 is 1.59 bits per heavy atom. The van der Waals surface area contributed by atoms with Gasteiger partial charge in [-0.3, -0.25) is 14.3 Å². The number of aliphatic hydroxyl groups excluding tert-OH is 3. The summed E-state index contributed by atoms with van der Waals surface area (Å²) in [5.74, 6) is -3.00. The van der Waals surface area contributed by atoms with Crippen LogP contribution < -0.4 is 11.3 Å². The van der Waals surface area contributed by atoms with Crippen LogP contribution in [0.25, 0.3) is 11.2 Å². The minimum atomic E-state index is -2.81. The average Bonchev–Trinajstić information content (AvgIpc) is 2.88. The van der Waals surface area contributed by atoms with Gasteiger partial charge in [0.25, 0.3) is 11.4 Å². The fourth-order valence-electron chi connectivity index (χ4n) is 1.83. The lowest BCUT2D eigenvalue weighted by Gasteiger charge is -2.30. The summed E-state index contributed by atoms with van der Waals surface area (Å²) in [6.07, 6.45) is -1.94. The van der Waals surface area contributed by atoms with Gasteiger partial charge in [-0.2, -0.15) is 4.98 Å². The van der Waals surface area contributed by atoms with Gasteiger partial charge in [0.2, 0.25) is 5.95 Å². The van der Waals surface area contributed by atoms with E-state index < -0.39 is 37.0 Å². The first-order valence-corrected chi connectivity index (χ1v) is 6.31. The van der Waals surface area contributed by atoms with Gasteiger partial charge < -0.3 is 25.8 Å². The number of aromatic amines is 1. The topological polar surface area (TPSA) is 160 Å². The molecular formula is C11H16FN5O5. The number of halogens is 1. The molecule has 2 heterocycles. The zero-order valence-electron chi connectivity index (χ0n) is 11.6. The average molecular weight is 317 g/mol. The van der Waals surface area contributed by atoms with E-state index in [4.69, 9.17) is 15.6 Å². The zero-order chi connectivity index (χ0) is 16.5. The van der Waals surface area contributed by atoms with Crippen LogP contribution in [0.1, 0.15) is 13.2 Å². The fraction of sp³-hybridized carbons (Fsp3) is 0.545. The van der Waals surface area contributed by atoms with Crippen molar-refractivity contribution in [2.75, 3.05) is 18.9 Å². The van der Waals surface area contributed by atoms with Crippen LogP contribution in [0, 0.1) is 0 Å². The van der Waals surface area contributed by atoms with Crippen molar-refractivity contribution in [3.05, 3.63) is 16.7 Å². The van der Waals surface area contributed by atoms with Crippen molar-refractivity contribution in [2.45, 2.75) is 25.1 Å². The Labute approximate surface area is 123 Å². The Bertz CT molecular complexity index is 716. The molecule has 11 heteroatoms. The van der Waals surface area contributed by atoms with Gasteiger partial charge in [0.05, 0.1) is 12.9 Å². The van der Waals surface area contributed by atoms with Gasteiger partial charge in [-0.1, -0.05) is 0 Å². The normalized spacial score (nSPS) is 17.3. The Kier molecular flexibility index (Phi) is 4.42. The number of aliphatic hydroxyl groups is 3. The number of H-pyrrole nitrogens is 1. The third kappa shape index (κ3) is 2.78. The van der Waals surface area contributed by atoms with Gasteiger partial charge >= 0.3 is 0 Å². The molecule has 0 aliphatic carbocycles. The highest BCUT2D eigenvalue weighted by molar-refractivity contribution is 5.70. The van der Waals surface area contributed by atoms with Gasteiger partial charge in [0.1, 0.15) is 12.7 Å². The number of nitrogens with two attached hydrogens (primary N) is 1. The number of nitrogens with one attached hydrogen (secondary N) is 1. The van der Waals surface area contributed by atoms with E-state index in [2.05, 4.69) is 15.0 Å². The minimum absolute atomic E-state index is 0.0359. The van der Waals surface area contributed by atoms with E-state index in [1.54, 1.807) is 0 Å². The maximum atomic E-state index is 14.3. The number of ether oxygens (including phenoxy) is 1. The first kappa shape index (κ1) is 16.3. The van der Waals surface area contributed by atoms with Crippen molar-refractivity contribution in [3.63, 3.8) is 0 Å². The summed E-state index contributed by atoms with van der Waals surface area (Å²) in [6.45, 7) is -0.778. The molecular weight excluding hydrogens is 301 g/mol. The van der Waals surface area contributed by atoms with Crippen LogP contribution in [0.3, 0.4) is 0 Å². The number of alkyl halides is 1. The summed E-state index contributed by atoms with van der Waals surface area (Å²) in [4.78, 5) is 21.5. The SMILES string of the molecule is C[C@H](O)[C@@](F)(CO)OC(CO)n1cnc2c(=O)[nH]c(N)nc21. The van der Waals surface area contributed by atoms with Crippen LogP contribution in [-0.2, 0) is 4.74 Å². The summed E-state index contributed by atoms with van der Waals surface area (Å²) in [5.41, 5.74) is 4.70. The van der Waals surface area contributed by atoms with E-state index >= 15 is 0 Å². The quantitative estimate of drug-likeness (QED) is 0.419. The Hall–Kier alpha value is -2.08. The van der Waals surface area contributed by atoms with Crippen molar-refractivity contribution in [3.8, 4) is 0 Å². The summed E-state index contributed by atoms with van der Waals surface area (Å²) in [6, 6.07) is 0. The molecule has 0 aromatic carbocycles. The van der Waals surface area contributed by atoms with Crippen molar-refractivity contribution in [2.24, 2.45) is 0 Å². The van der Waals surface area contributed by atoms with Crippen molar-refractivity contribution < 1.29 is 24.4 Å². The fourth-order valence-corrected chi connectivity index (χ4v) is 1.83. The standard InChI is InChI=1S/C11H16FN5O5/c1-5(20)11(12,3-19)22-6(2-18)17-4-14-7-8(17)15-10(13)16-9(7)21/h4-6,18-20H,2-3H2,1H3,(H3,13,15,16,21)/t5-,6?,11+/m0/s1. The number of rotatable bonds is 6. The Balaban J connectivity index is 2.46. The molecule has 0 radical (unpaired) electrons. The highest BCUT2D eigenvalue weighted by atomic mass is 19.2. The van der Waals surface area contributed by atoms with Crippen LogP contribution in [0.2, 0.25) is 0 Å². The molecule has 122 valence electrons. The lowest BCUT2D eigenvalue weighted by atomic mass is 10.2. The molecule has 6 N–H and O–H groups in total. The second-order valence-electron chi connectivity index (χ2n) is 4.65. The molecule has 0 aliphatic rings. The third-order valence-corrected chi connectivity index (χ3v) is 3.09. The van der Waals surface area contributed by atoms with E-state index in [9.17, 15) is 19.4 Å². The molecule has 1 unspecified atom stereocenters. The number of anilines is 1. The summed E-state index contributed by atoms with van der Waals surface area (Å²) in [5, 5.41) is 27.8. The predicted octanol–water partition coefficient (Wildman–Crippen LogP) is -1.75. The number of fused-ring (bicyclic) bond motifs is 1. The Morgan fingerprint density at radius 3 is 2.82 bits per heavy atom. The van der Waals surface area contributed by atoms with Crippen molar-refractivity contribution >= 4 is 17.1 Å². The van der Waals surface area contributed by atoms with Crippen molar-refractivity contribution in [1.82, 2.24) is 19.5 Å². The lowest BCUT2D eigenvalue weighted by molar-refractivity contribution is -0.265. The highest BCUT2D eigenvalue weighted by Crippen LogP contribution is 2.26. The highest BCUT2D eigenvalue weighted by Gasteiger charge is 2.39. The zero-order valence-corrected chi connectivity index (χ0v) is 11.6. The Morgan fingerprint density at radius 2 is 2.27 bits per heavy atom. The largest absolute Gasteiger partial charge is 0.392 e. The van der Waals surface area contributed by atoms with E-state index in [-0.39, 0.29) is 17.1 Å². The van der Waals surface area contributed by atoms with Crippen LogP contribution in [-0.4, -0.2) is 60.0 Å². The molecule has 0 saturated carbocycles. The molecule has 22 heavy (non-hydrogen) atoms. The van der Waals surface area contributed by atoms with E-state index in [1.807, 2.05) is 0 Å². The van der Waals surface area contributed by atoms with E-state index in [1.165, 1.54) is 0 Å². The molecule has 3 atom stereocenters. The number of hydrogen-bond acceptors (Lipinski definition) is 8. The van der Waals surface area contributed by atoms with Crippen LogP contribution in [0.4, 0.5) is 10.3 Å². The number of nitrogens with zero attached hydrogens (tertiary/aromatic N) is 3. The van der Waals surface area contributed by atoms with Gasteiger partial charge in [-0.25, -0.2) is 9.37 Å². The van der Waals surface area contributed by atoms with Crippen LogP contribution in [0.5, 0.6) is 0 Å². The molecule has 2 aromatic heterocycles. The smallest absolute Gasteiger partial charge is 0.280 e. The van der Waals surface area contributed by atoms with Gasteiger partial charge in [0, 0.05) is 0 Å². The minimum Gasteiger partial charge on any atom is -0.392 e. The van der Waals surface area contributed by atoms with Gasteiger partial charge in [0.15, 0.2) is 17.4 Å². The molecule has 0 saturated heterocycles. The van der Waals surface area contributed by atoms with E-state index in [0.29, 0.717) is 0 Å². The van der Waals surface area contributed by atoms with E-state index in [0.717, 1.165) is 17.8 Å². The van der Waals surface area contributed by atoms with Gasteiger partial charge in [-0.05, 0) is 6.92 Å². The third-order valence-electron chi connectivity index (χ3n) is 3.09. The maximum Gasteiger partial charge on any atom is 0.280 e. The summed E-state index contributed by atoms with van der Waals surface area (Å²) in [7, 11) is 0. The first-order chi connectivity index (χ1) is 10.3. The number of aromatic nitrogens is 4. The van der Waals surface area contributed by atoms with Gasteiger partial charge in [-0.15, -0.1) is 0 Å². The lowest BCUT2D eigenvalue weighted by Crippen LogP contribution is -2.44. The number of hydrogen-bond donors (Lipinski definition) is 5. The second-order valence-corrected chi connectivity index (χ2v) is 4.65. The summed E-state index contributed by atoms with van der Waals surface area (Å²) >= 11 is 0.